The normalized spacial score (nSPS) is 12.5. The van der Waals surface area contributed by atoms with Crippen molar-refractivity contribution in [3.63, 3.8) is 0 Å². The Morgan fingerprint density at radius 2 is 1.85 bits per heavy atom. The number of hydrogen-bond acceptors (Lipinski definition) is 2. The zero-order chi connectivity index (χ0) is 10.3. The summed E-state index contributed by atoms with van der Waals surface area (Å²) in [6.45, 7) is 9.23. The van der Waals surface area contributed by atoms with E-state index < -0.39 is 8.32 Å². The lowest BCUT2D eigenvalue weighted by Crippen LogP contribution is -2.30. The number of nitrogens with zero attached hydrogens (tertiary/aromatic N) is 1. The minimum atomic E-state index is -1.29. The minimum Gasteiger partial charge on any atom is -0.420 e. The van der Waals surface area contributed by atoms with E-state index >= 15 is 0 Å². The Hall–Kier alpha value is 0.137. The van der Waals surface area contributed by atoms with Crippen molar-refractivity contribution in [2.24, 2.45) is 0 Å². The molecule has 0 aromatic rings. The molecule has 2 nitrogen and oxygen atoms in total. The van der Waals surface area contributed by atoms with Gasteiger partial charge in [-0.3, -0.25) is 0 Å². The SMILES string of the molecule is CCCN(C)CCC[Si](C)(C)OC. The molecule has 0 heterocycles. The van der Waals surface area contributed by atoms with Gasteiger partial charge in [-0.05, 0) is 52.1 Å². The van der Waals surface area contributed by atoms with Crippen LogP contribution in [0.25, 0.3) is 0 Å². The van der Waals surface area contributed by atoms with Crippen molar-refractivity contribution in [3.8, 4) is 0 Å². The summed E-state index contributed by atoms with van der Waals surface area (Å²) in [7, 11) is 2.75. The average molecular weight is 203 g/mol. The molecule has 0 aromatic heterocycles. The van der Waals surface area contributed by atoms with Crippen LogP contribution in [0.5, 0.6) is 0 Å². The first kappa shape index (κ1) is 13.1. The van der Waals surface area contributed by atoms with Crippen molar-refractivity contribution in [3.05, 3.63) is 0 Å². The predicted molar refractivity (Wildman–Crippen MR) is 61.7 cm³/mol. The van der Waals surface area contributed by atoms with E-state index in [2.05, 4.69) is 32.0 Å². The van der Waals surface area contributed by atoms with Crippen molar-refractivity contribution in [2.45, 2.75) is 38.9 Å². The van der Waals surface area contributed by atoms with E-state index in [0.29, 0.717) is 0 Å². The Balaban J connectivity index is 3.44. The molecule has 0 spiro atoms. The fraction of sp³-hybridized carbons (Fsp3) is 1.00. The van der Waals surface area contributed by atoms with E-state index in [-0.39, 0.29) is 0 Å². The highest BCUT2D eigenvalue weighted by atomic mass is 28.4. The van der Waals surface area contributed by atoms with Crippen LogP contribution in [0, 0.1) is 0 Å². The highest BCUT2D eigenvalue weighted by molar-refractivity contribution is 6.71. The number of hydrogen-bond donors (Lipinski definition) is 0. The molecule has 0 radical (unpaired) electrons. The molecule has 0 aliphatic carbocycles. The van der Waals surface area contributed by atoms with Crippen molar-refractivity contribution in [1.82, 2.24) is 4.90 Å². The molecular weight excluding hydrogens is 178 g/mol. The van der Waals surface area contributed by atoms with Crippen LogP contribution in [0.4, 0.5) is 0 Å². The Kier molecular flexibility index (Phi) is 6.64. The molecule has 0 saturated heterocycles. The van der Waals surface area contributed by atoms with Crippen LogP contribution in [0.3, 0.4) is 0 Å². The summed E-state index contributed by atoms with van der Waals surface area (Å²) >= 11 is 0. The van der Waals surface area contributed by atoms with E-state index in [0.717, 1.165) is 0 Å². The van der Waals surface area contributed by atoms with Gasteiger partial charge in [0.1, 0.15) is 0 Å². The molecule has 0 amide bonds. The molecule has 0 fully saturated rings. The van der Waals surface area contributed by atoms with Crippen molar-refractivity contribution in [2.75, 3.05) is 27.2 Å². The average Bonchev–Trinajstić information content (AvgIpc) is 2.05. The molecule has 80 valence electrons. The van der Waals surface area contributed by atoms with Gasteiger partial charge in [-0.1, -0.05) is 6.92 Å². The van der Waals surface area contributed by atoms with E-state index in [1.807, 2.05) is 7.11 Å². The smallest absolute Gasteiger partial charge is 0.186 e. The monoisotopic (exact) mass is 203 g/mol. The van der Waals surface area contributed by atoms with Gasteiger partial charge in [-0.2, -0.15) is 0 Å². The van der Waals surface area contributed by atoms with Crippen molar-refractivity contribution >= 4 is 8.32 Å². The van der Waals surface area contributed by atoms with Gasteiger partial charge in [-0.15, -0.1) is 0 Å². The maximum atomic E-state index is 5.50. The van der Waals surface area contributed by atoms with Crippen LogP contribution in [0.1, 0.15) is 19.8 Å². The quantitative estimate of drug-likeness (QED) is 0.590. The van der Waals surface area contributed by atoms with Gasteiger partial charge in [-0.25, -0.2) is 0 Å². The second-order valence-electron chi connectivity index (χ2n) is 4.37. The molecule has 0 atom stereocenters. The summed E-state index contributed by atoms with van der Waals surface area (Å²) < 4.78 is 5.50. The van der Waals surface area contributed by atoms with E-state index in [1.165, 1.54) is 32.0 Å². The summed E-state index contributed by atoms with van der Waals surface area (Å²) in [5.74, 6) is 0. The second-order valence-corrected chi connectivity index (χ2v) is 8.80. The Morgan fingerprint density at radius 1 is 1.23 bits per heavy atom. The molecule has 0 N–H and O–H groups in total. The van der Waals surface area contributed by atoms with Crippen molar-refractivity contribution in [1.29, 1.82) is 0 Å². The van der Waals surface area contributed by atoms with Gasteiger partial charge < -0.3 is 9.33 Å². The summed E-state index contributed by atoms with van der Waals surface area (Å²) in [5.41, 5.74) is 0. The molecule has 0 rings (SSSR count). The highest BCUT2D eigenvalue weighted by Gasteiger charge is 2.19. The number of rotatable bonds is 7. The molecule has 13 heavy (non-hydrogen) atoms. The lowest BCUT2D eigenvalue weighted by molar-refractivity contribution is 0.330. The third-order valence-electron chi connectivity index (χ3n) is 2.48. The van der Waals surface area contributed by atoms with E-state index in [1.54, 1.807) is 0 Å². The van der Waals surface area contributed by atoms with Gasteiger partial charge >= 0.3 is 0 Å². The predicted octanol–water partition coefficient (Wildman–Crippen LogP) is 2.57. The third kappa shape index (κ3) is 7.23. The zero-order valence-corrected chi connectivity index (χ0v) is 10.9. The highest BCUT2D eigenvalue weighted by Crippen LogP contribution is 2.12. The van der Waals surface area contributed by atoms with Crippen LogP contribution in [0.15, 0.2) is 0 Å². The minimum absolute atomic E-state index is 1.22. The Bertz CT molecular complexity index is 128. The molecule has 0 aromatic carbocycles. The van der Waals surface area contributed by atoms with Crippen LogP contribution >= 0.6 is 0 Å². The Labute approximate surface area is 84.4 Å². The van der Waals surface area contributed by atoms with Crippen LogP contribution in [0.2, 0.25) is 19.1 Å². The van der Waals surface area contributed by atoms with Gasteiger partial charge in [0.25, 0.3) is 0 Å². The zero-order valence-electron chi connectivity index (χ0n) is 9.89. The second kappa shape index (κ2) is 6.57. The van der Waals surface area contributed by atoms with Gasteiger partial charge in [0.2, 0.25) is 0 Å². The largest absolute Gasteiger partial charge is 0.420 e. The summed E-state index contributed by atoms with van der Waals surface area (Å²) in [6, 6.07) is 1.28. The van der Waals surface area contributed by atoms with E-state index in [4.69, 9.17) is 4.43 Å². The lowest BCUT2D eigenvalue weighted by atomic mass is 10.4. The molecular formula is C10H25NOSi. The first-order chi connectivity index (χ1) is 6.02. The fourth-order valence-electron chi connectivity index (χ4n) is 1.37. The first-order valence-electron chi connectivity index (χ1n) is 5.25. The third-order valence-corrected chi connectivity index (χ3v) is 5.14. The first-order valence-corrected chi connectivity index (χ1v) is 8.37. The summed E-state index contributed by atoms with van der Waals surface area (Å²) in [6.07, 6.45) is 2.53. The van der Waals surface area contributed by atoms with Gasteiger partial charge in [0.05, 0.1) is 0 Å². The van der Waals surface area contributed by atoms with Crippen LogP contribution in [-0.2, 0) is 4.43 Å². The Morgan fingerprint density at radius 3 is 2.31 bits per heavy atom. The molecule has 0 saturated carbocycles. The summed E-state index contributed by atoms with van der Waals surface area (Å²) in [5, 5.41) is 0. The summed E-state index contributed by atoms with van der Waals surface area (Å²) in [4.78, 5) is 2.40. The molecule has 0 unspecified atom stereocenters. The van der Waals surface area contributed by atoms with Gasteiger partial charge in [0.15, 0.2) is 8.32 Å². The van der Waals surface area contributed by atoms with E-state index in [9.17, 15) is 0 Å². The molecule has 0 aliphatic rings. The van der Waals surface area contributed by atoms with Crippen LogP contribution < -0.4 is 0 Å². The van der Waals surface area contributed by atoms with Gasteiger partial charge in [0, 0.05) is 7.11 Å². The maximum absolute atomic E-state index is 5.50. The molecule has 0 aliphatic heterocycles. The fourth-order valence-corrected chi connectivity index (χ4v) is 2.58. The lowest BCUT2D eigenvalue weighted by Gasteiger charge is -2.22. The molecule has 3 heteroatoms. The topological polar surface area (TPSA) is 12.5 Å². The van der Waals surface area contributed by atoms with Crippen molar-refractivity contribution < 1.29 is 4.43 Å². The maximum Gasteiger partial charge on any atom is 0.186 e. The standard InChI is InChI=1S/C10H25NOSi/c1-6-8-11(2)9-7-10-13(4,5)12-3/h6-10H2,1-5H3. The van der Waals surface area contributed by atoms with Crippen LogP contribution in [-0.4, -0.2) is 40.5 Å². The molecule has 0 bridgehead atoms.